The predicted octanol–water partition coefficient (Wildman–Crippen LogP) is 1.95. The highest BCUT2D eigenvalue weighted by atomic mass is 19.1. The fourth-order valence-corrected chi connectivity index (χ4v) is 1.45. The first kappa shape index (κ1) is 12.8. The summed E-state index contributed by atoms with van der Waals surface area (Å²) < 4.78 is 18.9. The SMILES string of the molecule is CNC(=O)c1cc(Oc2cc(N)ccc2F)ccn1. The molecule has 1 aromatic heterocycles. The molecule has 0 fully saturated rings. The summed E-state index contributed by atoms with van der Waals surface area (Å²) in [4.78, 5) is 15.3. The van der Waals surface area contributed by atoms with E-state index in [9.17, 15) is 9.18 Å². The van der Waals surface area contributed by atoms with Crippen LogP contribution in [0.15, 0.2) is 36.5 Å². The number of aromatic nitrogens is 1. The van der Waals surface area contributed by atoms with Gasteiger partial charge in [0, 0.05) is 31.1 Å². The summed E-state index contributed by atoms with van der Waals surface area (Å²) in [6.45, 7) is 0. The van der Waals surface area contributed by atoms with E-state index >= 15 is 0 Å². The van der Waals surface area contributed by atoms with E-state index in [0.29, 0.717) is 11.4 Å². The number of nitrogens with zero attached hydrogens (tertiary/aromatic N) is 1. The van der Waals surface area contributed by atoms with Gasteiger partial charge in [-0.25, -0.2) is 4.39 Å². The van der Waals surface area contributed by atoms with Crippen LogP contribution < -0.4 is 15.8 Å². The summed E-state index contributed by atoms with van der Waals surface area (Å²) in [5, 5.41) is 2.44. The number of anilines is 1. The van der Waals surface area contributed by atoms with Gasteiger partial charge in [-0.05, 0) is 18.2 Å². The first-order chi connectivity index (χ1) is 9.10. The van der Waals surface area contributed by atoms with Crippen LogP contribution in [0.4, 0.5) is 10.1 Å². The molecule has 0 spiro atoms. The molecule has 98 valence electrons. The monoisotopic (exact) mass is 261 g/mol. The molecule has 1 heterocycles. The van der Waals surface area contributed by atoms with E-state index in [4.69, 9.17) is 10.5 Å². The van der Waals surface area contributed by atoms with E-state index < -0.39 is 5.82 Å². The normalized spacial score (nSPS) is 10.0. The second kappa shape index (κ2) is 5.34. The van der Waals surface area contributed by atoms with E-state index in [1.165, 1.54) is 43.6 Å². The number of nitrogens with two attached hydrogens (primary N) is 1. The van der Waals surface area contributed by atoms with Gasteiger partial charge in [0.2, 0.25) is 0 Å². The van der Waals surface area contributed by atoms with Gasteiger partial charge in [-0.1, -0.05) is 0 Å². The largest absolute Gasteiger partial charge is 0.454 e. The number of nitrogens with one attached hydrogen (secondary N) is 1. The van der Waals surface area contributed by atoms with Crippen LogP contribution in [0.2, 0.25) is 0 Å². The number of ether oxygens (including phenoxy) is 1. The summed E-state index contributed by atoms with van der Waals surface area (Å²) >= 11 is 0. The summed E-state index contributed by atoms with van der Waals surface area (Å²) in [5.41, 5.74) is 6.13. The molecular formula is C13H12FN3O2. The number of benzene rings is 1. The smallest absolute Gasteiger partial charge is 0.269 e. The molecule has 0 radical (unpaired) electrons. The molecule has 0 aliphatic rings. The Hall–Kier alpha value is -2.63. The number of halogens is 1. The maximum Gasteiger partial charge on any atom is 0.269 e. The molecule has 6 heteroatoms. The molecule has 0 atom stereocenters. The molecule has 0 aliphatic heterocycles. The molecule has 19 heavy (non-hydrogen) atoms. The van der Waals surface area contributed by atoms with E-state index in [0.717, 1.165) is 0 Å². The minimum absolute atomic E-state index is 0.00550. The van der Waals surface area contributed by atoms with Crippen LogP contribution in [0.1, 0.15) is 10.5 Å². The highest BCUT2D eigenvalue weighted by molar-refractivity contribution is 5.92. The molecule has 0 unspecified atom stereocenters. The number of pyridine rings is 1. The van der Waals surface area contributed by atoms with Gasteiger partial charge in [-0.15, -0.1) is 0 Å². The third-order valence-corrected chi connectivity index (χ3v) is 2.37. The third kappa shape index (κ3) is 2.98. The average molecular weight is 261 g/mol. The van der Waals surface area contributed by atoms with E-state index in [1.807, 2.05) is 0 Å². The fraction of sp³-hybridized carbons (Fsp3) is 0.0769. The quantitative estimate of drug-likeness (QED) is 0.828. The molecule has 2 rings (SSSR count). The standard InChI is InChI=1S/C13H12FN3O2/c1-16-13(18)11-7-9(4-5-17-11)19-12-6-8(15)2-3-10(12)14/h2-7H,15H2,1H3,(H,16,18). The van der Waals surface area contributed by atoms with Crippen molar-refractivity contribution in [3.63, 3.8) is 0 Å². The molecule has 0 saturated heterocycles. The summed E-state index contributed by atoms with van der Waals surface area (Å²) in [6.07, 6.45) is 1.41. The zero-order valence-corrected chi connectivity index (χ0v) is 10.2. The van der Waals surface area contributed by atoms with Gasteiger partial charge in [0.25, 0.3) is 5.91 Å². The Morgan fingerprint density at radius 1 is 1.37 bits per heavy atom. The van der Waals surface area contributed by atoms with E-state index in [2.05, 4.69) is 10.3 Å². The summed E-state index contributed by atoms with van der Waals surface area (Å²) in [7, 11) is 1.50. The predicted molar refractivity (Wildman–Crippen MR) is 68.5 cm³/mol. The Morgan fingerprint density at radius 2 is 2.16 bits per heavy atom. The molecule has 1 amide bonds. The Kier molecular flexibility index (Phi) is 3.61. The van der Waals surface area contributed by atoms with Crippen molar-refractivity contribution < 1.29 is 13.9 Å². The Bertz CT molecular complexity index is 617. The molecule has 0 saturated carbocycles. The van der Waals surface area contributed by atoms with Gasteiger partial charge < -0.3 is 15.8 Å². The topological polar surface area (TPSA) is 77.2 Å². The lowest BCUT2D eigenvalue weighted by molar-refractivity contribution is 0.0958. The van der Waals surface area contributed by atoms with Crippen LogP contribution in [0.3, 0.4) is 0 Å². The van der Waals surface area contributed by atoms with Crippen molar-refractivity contribution in [2.24, 2.45) is 0 Å². The fourth-order valence-electron chi connectivity index (χ4n) is 1.45. The first-order valence-electron chi connectivity index (χ1n) is 5.51. The van der Waals surface area contributed by atoms with Gasteiger partial charge in [0.1, 0.15) is 11.4 Å². The lowest BCUT2D eigenvalue weighted by atomic mass is 10.3. The molecular weight excluding hydrogens is 249 g/mol. The number of amides is 1. The number of carbonyl (C=O) groups excluding carboxylic acids is 1. The highest BCUT2D eigenvalue weighted by Crippen LogP contribution is 2.26. The zero-order valence-electron chi connectivity index (χ0n) is 10.2. The zero-order chi connectivity index (χ0) is 13.8. The van der Waals surface area contributed by atoms with Crippen LogP contribution in [0.25, 0.3) is 0 Å². The average Bonchev–Trinajstić information content (AvgIpc) is 2.42. The second-order valence-corrected chi connectivity index (χ2v) is 3.75. The van der Waals surface area contributed by atoms with Crippen molar-refractivity contribution in [3.8, 4) is 11.5 Å². The molecule has 3 N–H and O–H groups in total. The maximum absolute atomic E-state index is 13.5. The van der Waals surface area contributed by atoms with Crippen LogP contribution in [0, 0.1) is 5.82 Å². The Labute approximate surface area is 109 Å². The van der Waals surface area contributed by atoms with Gasteiger partial charge in [0.05, 0.1) is 0 Å². The van der Waals surface area contributed by atoms with Gasteiger partial charge >= 0.3 is 0 Å². The van der Waals surface area contributed by atoms with E-state index in [1.54, 1.807) is 0 Å². The van der Waals surface area contributed by atoms with Gasteiger partial charge in [-0.2, -0.15) is 0 Å². The van der Waals surface area contributed by atoms with Crippen LogP contribution >= 0.6 is 0 Å². The highest BCUT2D eigenvalue weighted by Gasteiger charge is 2.09. The van der Waals surface area contributed by atoms with Crippen molar-refractivity contribution >= 4 is 11.6 Å². The second-order valence-electron chi connectivity index (χ2n) is 3.75. The van der Waals surface area contributed by atoms with Crippen LogP contribution in [0.5, 0.6) is 11.5 Å². The van der Waals surface area contributed by atoms with Crippen LogP contribution in [-0.4, -0.2) is 17.9 Å². The number of nitrogen functional groups attached to an aromatic ring is 1. The number of hydrogen-bond acceptors (Lipinski definition) is 4. The third-order valence-electron chi connectivity index (χ3n) is 2.37. The summed E-state index contributed by atoms with van der Waals surface area (Å²) in [6, 6.07) is 6.96. The number of hydrogen-bond donors (Lipinski definition) is 2. The molecule has 0 aliphatic carbocycles. The maximum atomic E-state index is 13.5. The Morgan fingerprint density at radius 3 is 2.89 bits per heavy atom. The lowest BCUT2D eigenvalue weighted by Gasteiger charge is -2.08. The van der Waals surface area contributed by atoms with Crippen molar-refractivity contribution in [2.45, 2.75) is 0 Å². The van der Waals surface area contributed by atoms with Crippen molar-refractivity contribution in [1.82, 2.24) is 10.3 Å². The molecule has 1 aromatic carbocycles. The number of carbonyl (C=O) groups is 1. The summed E-state index contributed by atoms with van der Waals surface area (Å²) in [5.74, 6) is -0.585. The minimum Gasteiger partial charge on any atom is -0.454 e. The van der Waals surface area contributed by atoms with Crippen molar-refractivity contribution in [3.05, 3.63) is 48.0 Å². The first-order valence-corrected chi connectivity index (χ1v) is 5.51. The van der Waals surface area contributed by atoms with Gasteiger partial charge in [0.15, 0.2) is 11.6 Å². The molecule has 2 aromatic rings. The van der Waals surface area contributed by atoms with Crippen molar-refractivity contribution in [2.75, 3.05) is 12.8 Å². The van der Waals surface area contributed by atoms with Crippen LogP contribution in [-0.2, 0) is 0 Å². The molecule has 5 nitrogen and oxygen atoms in total. The van der Waals surface area contributed by atoms with Gasteiger partial charge in [-0.3, -0.25) is 9.78 Å². The number of rotatable bonds is 3. The molecule has 0 bridgehead atoms. The lowest BCUT2D eigenvalue weighted by Crippen LogP contribution is -2.18. The Balaban J connectivity index is 2.28. The van der Waals surface area contributed by atoms with E-state index in [-0.39, 0.29) is 17.4 Å². The van der Waals surface area contributed by atoms with Crippen molar-refractivity contribution in [1.29, 1.82) is 0 Å². The minimum atomic E-state index is -0.535.